The number of carboxylic acid groups (broad SMARTS) is 1. The number of fused-ring (bicyclic) bond motifs is 5. The van der Waals surface area contributed by atoms with Gasteiger partial charge in [-0.15, -0.1) is 0 Å². The summed E-state index contributed by atoms with van der Waals surface area (Å²) in [7, 11) is 0. The molecule has 4 saturated carbocycles. The number of aliphatic hydroxyl groups excluding tert-OH is 1. The first kappa shape index (κ1) is 15.2. The molecule has 0 aromatic heterocycles. The second-order valence-corrected chi connectivity index (χ2v) is 10.6. The van der Waals surface area contributed by atoms with Gasteiger partial charge in [0.05, 0.1) is 13.6 Å². The monoisotopic (exact) mass is 397 g/mol. The minimum absolute atomic E-state index is 0.0262. The van der Waals surface area contributed by atoms with Gasteiger partial charge in [-0.2, -0.15) is 0 Å². The second kappa shape index (κ2) is 7.27. The van der Waals surface area contributed by atoms with Crippen molar-refractivity contribution in [1.29, 1.82) is 0 Å². The molecule has 28 heavy (non-hydrogen) atoms. The highest BCUT2D eigenvalue weighted by molar-refractivity contribution is 5.66. The van der Waals surface area contributed by atoms with Gasteiger partial charge >= 0.3 is 5.97 Å². The summed E-state index contributed by atoms with van der Waals surface area (Å²) in [6, 6.07) is 0. The summed E-state index contributed by atoms with van der Waals surface area (Å²) in [6.45, 7) is 6.35. The van der Waals surface area contributed by atoms with Crippen LogP contribution in [0.2, 0.25) is 0 Å². The van der Waals surface area contributed by atoms with Crippen LogP contribution in [-0.2, 0) is 4.79 Å². The number of carboxylic acids is 1. The van der Waals surface area contributed by atoms with Crippen LogP contribution in [0.15, 0.2) is 0 Å². The van der Waals surface area contributed by atoms with Crippen LogP contribution in [0.3, 0.4) is 0 Å². The van der Waals surface area contributed by atoms with Crippen molar-refractivity contribution in [2.75, 3.05) is 0 Å². The van der Waals surface area contributed by atoms with Crippen LogP contribution in [0.5, 0.6) is 0 Å². The summed E-state index contributed by atoms with van der Waals surface area (Å²) in [6.07, 6.45) is -4.09. The zero-order valence-corrected chi connectivity index (χ0v) is 17.4. The molecule has 4 nitrogen and oxygen atoms in total. The summed E-state index contributed by atoms with van der Waals surface area (Å²) in [4.78, 5) is 11.1. The third-order valence-corrected chi connectivity index (χ3v) is 9.40. The largest absolute Gasteiger partial charge is 0.481 e. The Hall–Kier alpha value is -0.610. The summed E-state index contributed by atoms with van der Waals surface area (Å²) < 4.78 is 42.3. The van der Waals surface area contributed by atoms with E-state index in [9.17, 15) is 15.0 Å². The topological polar surface area (TPSA) is 77.8 Å². The fourth-order valence-electron chi connectivity index (χ4n) is 8.02. The van der Waals surface area contributed by atoms with Gasteiger partial charge in [-0.25, -0.2) is 0 Å². The van der Waals surface area contributed by atoms with Crippen molar-refractivity contribution in [3.05, 3.63) is 0 Å². The lowest BCUT2D eigenvalue weighted by Crippen LogP contribution is -2.58. The molecule has 0 unspecified atom stereocenters. The number of aliphatic hydroxyl groups is 2. The molecule has 0 saturated heterocycles. The van der Waals surface area contributed by atoms with E-state index >= 15 is 0 Å². The van der Waals surface area contributed by atoms with Gasteiger partial charge in [0.15, 0.2) is 0 Å². The molecule has 0 radical (unpaired) electrons. The average molecular weight is 398 g/mol. The molecule has 10 atom stereocenters. The Labute approximate surface area is 177 Å². The van der Waals surface area contributed by atoms with E-state index in [0.717, 1.165) is 25.7 Å². The van der Waals surface area contributed by atoms with Crippen LogP contribution < -0.4 is 0 Å². The summed E-state index contributed by atoms with van der Waals surface area (Å²) in [5.74, 6) is -0.565. The predicted molar refractivity (Wildman–Crippen MR) is 109 cm³/mol. The van der Waals surface area contributed by atoms with Crippen molar-refractivity contribution in [3.8, 4) is 0 Å². The van der Waals surface area contributed by atoms with Gasteiger partial charge in [0.2, 0.25) is 0 Å². The van der Waals surface area contributed by atoms with Crippen LogP contribution in [-0.4, -0.2) is 33.5 Å². The van der Waals surface area contributed by atoms with Crippen molar-refractivity contribution in [1.82, 2.24) is 0 Å². The number of hydrogen-bond donors (Lipinski definition) is 3. The second-order valence-electron chi connectivity index (χ2n) is 10.6. The zero-order chi connectivity index (χ0) is 24.8. The number of hydrogen-bond acceptors (Lipinski definition) is 3. The van der Waals surface area contributed by atoms with Crippen molar-refractivity contribution in [2.45, 2.75) is 97.1 Å². The molecule has 0 spiro atoms. The van der Waals surface area contributed by atoms with Crippen LogP contribution in [0.25, 0.3) is 0 Å². The summed E-state index contributed by atoms with van der Waals surface area (Å²) >= 11 is 0. The fourth-order valence-corrected chi connectivity index (χ4v) is 8.02. The molecule has 4 aliphatic carbocycles. The highest BCUT2D eigenvalue weighted by Crippen LogP contribution is 2.68. The molecule has 0 aromatic rings. The maximum absolute atomic E-state index is 11.2. The smallest absolute Gasteiger partial charge is 0.303 e. The highest BCUT2D eigenvalue weighted by Gasteiger charge is 2.62. The molecule has 4 rings (SSSR count). The molecule has 0 aliphatic heterocycles. The van der Waals surface area contributed by atoms with Crippen molar-refractivity contribution in [3.63, 3.8) is 0 Å². The fraction of sp³-hybridized carbons (Fsp3) is 0.958. The summed E-state index contributed by atoms with van der Waals surface area (Å²) in [5, 5.41) is 31.0. The first-order valence-corrected chi connectivity index (χ1v) is 11.1. The molecule has 4 fully saturated rings. The van der Waals surface area contributed by atoms with Gasteiger partial charge < -0.3 is 15.3 Å². The Morgan fingerprint density at radius 3 is 2.57 bits per heavy atom. The molecule has 4 aliphatic rings. The SMILES string of the molecule is [2H]C1([2H])C[C@@]2(C)[C@H]([C@@H](O)C[C@@H]3[C@@H]2CC[C@]2(C)[C@@H]([C@H](C)CCC(=O)O)CC[C@@H]32)C([2H])([2H])[C@]1([2H])O. The highest BCUT2D eigenvalue weighted by atomic mass is 16.4. The maximum Gasteiger partial charge on any atom is 0.303 e. The van der Waals surface area contributed by atoms with Gasteiger partial charge in [0.25, 0.3) is 0 Å². The van der Waals surface area contributed by atoms with E-state index in [0.29, 0.717) is 30.6 Å². The van der Waals surface area contributed by atoms with Crippen molar-refractivity contribution in [2.24, 2.45) is 46.3 Å². The Kier molecular flexibility index (Phi) is 3.95. The Morgan fingerprint density at radius 1 is 1.14 bits per heavy atom. The van der Waals surface area contributed by atoms with Crippen molar-refractivity contribution < 1.29 is 27.0 Å². The molecule has 0 amide bonds. The third kappa shape index (κ3) is 3.14. The average Bonchev–Trinajstić information content (AvgIpc) is 3.01. The molecule has 0 aromatic carbocycles. The molecule has 4 heteroatoms. The lowest BCUT2D eigenvalue weighted by atomic mass is 9.44. The van der Waals surface area contributed by atoms with E-state index in [4.69, 9.17) is 12.0 Å². The molecule has 0 bridgehead atoms. The van der Waals surface area contributed by atoms with Gasteiger partial charge in [0, 0.05) is 11.9 Å². The van der Waals surface area contributed by atoms with Gasteiger partial charge in [-0.3, -0.25) is 4.79 Å². The van der Waals surface area contributed by atoms with Gasteiger partial charge in [0.1, 0.15) is 0 Å². The van der Waals surface area contributed by atoms with Gasteiger partial charge in [-0.05, 0) is 104 Å². The van der Waals surface area contributed by atoms with Crippen LogP contribution >= 0.6 is 0 Å². The molecule has 160 valence electrons. The number of rotatable bonds is 4. The van der Waals surface area contributed by atoms with Crippen LogP contribution in [0.4, 0.5) is 0 Å². The Balaban J connectivity index is 1.65. The normalized spacial score (nSPS) is 60.5. The minimum Gasteiger partial charge on any atom is -0.481 e. The molecular formula is C24H40O4. The third-order valence-electron chi connectivity index (χ3n) is 9.40. The van der Waals surface area contributed by atoms with E-state index in [2.05, 4.69) is 13.8 Å². The standard InChI is InChI=1S/C24H40O4/c1-14(4-7-22(27)28)17-5-6-18-16-13-21(26)20-12-15(25)8-10-24(20,3)19(16)9-11-23(17,18)2/h14-21,25-26H,4-13H2,1-3H3,(H,27,28)/t14-,15-,16+,17-,18+,19+,20+,21+,23-,24-/m1/s1/i8D2,12D2,15D. The van der Waals surface area contributed by atoms with Gasteiger partial charge in [-0.1, -0.05) is 20.8 Å². The van der Waals surface area contributed by atoms with E-state index in [1.807, 2.05) is 6.92 Å². The number of carbonyl (C=O) groups is 1. The van der Waals surface area contributed by atoms with E-state index in [1.165, 1.54) is 0 Å². The van der Waals surface area contributed by atoms with E-state index in [1.54, 1.807) is 0 Å². The zero-order valence-electron chi connectivity index (χ0n) is 22.4. The summed E-state index contributed by atoms with van der Waals surface area (Å²) in [5.41, 5.74) is -0.818. The molecule has 3 N–H and O–H groups in total. The Bertz CT molecular complexity index is 804. The van der Waals surface area contributed by atoms with Crippen molar-refractivity contribution >= 4 is 5.97 Å². The quantitative estimate of drug-likeness (QED) is 0.654. The maximum atomic E-state index is 11.2. The van der Waals surface area contributed by atoms with E-state index in [-0.39, 0.29) is 30.1 Å². The first-order chi connectivity index (χ1) is 15.0. The predicted octanol–water partition coefficient (Wildman–Crippen LogP) is 4.48. The molecular weight excluding hydrogens is 352 g/mol. The first-order valence-electron chi connectivity index (χ1n) is 13.6. The van der Waals surface area contributed by atoms with E-state index < -0.39 is 42.2 Å². The minimum atomic E-state index is -2.92. The Morgan fingerprint density at radius 2 is 1.86 bits per heavy atom. The lowest BCUT2D eigenvalue weighted by molar-refractivity contribution is -0.172. The van der Waals surface area contributed by atoms with Crippen LogP contribution in [0, 0.1) is 46.3 Å². The molecule has 0 heterocycles. The number of aliphatic carboxylic acids is 1. The lowest BCUT2D eigenvalue weighted by Gasteiger charge is -2.62. The van der Waals surface area contributed by atoms with Crippen LogP contribution in [0.1, 0.15) is 91.7 Å².